The molecule has 64 valence electrons. The highest BCUT2D eigenvalue weighted by Gasteiger charge is 2.16. The summed E-state index contributed by atoms with van der Waals surface area (Å²) in [5.41, 5.74) is 1.26. The van der Waals surface area contributed by atoms with Crippen molar-refractivity contribution in [1.82, 2.24) is 10.3 Å². The molecule has 3 heteroatoms. The Hall–Kier alpha value is -0.600. The highest BCUT2D eigenvalue weighted by atomic mass is 35.5. The fourth-order valence-electron chi connectivity index (χ4n) is 1.59. The molecule has 2 heterocycles. The van der Waals surface area contributed by atoms with Gasteiger partial charge in [-0.05, 0) is 30.5 Å². The smallest absolute Gasteiger partial charge is 0.0592 e. The Morgan fingerprint density at radius 2 is 2.42 bits per heavy atom. The number of halogens is 1. The van der Waals surface area contributed by atoms with E-state index >= 15 is 0 Å². The molecule has 1 N–H and O–H groups in total. The molecule has 1 aromatic rings. The van der Waals surface area contributed by atoms with E-state index in [1.165, 1.54) is 12.0 Å². The summed E-state index contributed by atoms with van der Waals surface area (Å²) in [6.07, 6.45) is 4.78. The van der Waals surface area contributed by atoms with Crippen molar-refractivity contribution in [3.8, 4) is 0 Å². The van der Waals surface area contributed by atoms with Gasteiger partial charge in [0.1, 0.15) is 0 Å². The van der Waals surface area contributed by atoms with E-state index in [0.29, 0.717) is 5.92 Å². The fraction of sp³-hybridized carbons (Fsp3) is 0.444. The average molecular weight is 183 g/mol. The van der Waals surface area contributed by atoms with Crippen molar-refractivity contribution in [2.45, 2.75) is 12.3 Å². The lowest BCUT2D eigenvalue weighted by Gasteiger charge is -2.07. The Labute approximate surface area is 77.0 Å². The third-order valence-corrected chi connectivity index (χ3v) is 2.46. The maximum absolute atomic E-state index is 5.84. The summed E-state index contributed by atoms with van der Waals surface area (Å²) in [4.78, 5) is 4.07. The predicted octanol–water partition coefficient (Wildman–Crippen LogP) is 1.81. The van der Waals surface area contributed by atoms with Crippen molar-refractivity contribution >= 4 is 11.6 Å². The first-order valence-electron chi connectivity index (χ1n) is 4.17. The summed E-state index contributed by atoms with van der Waals surface area (Å²) in [5, 5.41) is 4.05. The van der Waals surface area contributed by atoms with Crippen LogP contribution in [0.5, 0.6) is 0 Å². The van der Waals surface area contributed by atoms with Gasteiger partial charge in [0, 0.05) is 18.9 Å². The molecule has 1 aliphatic heterocycles. The summed E-state index contributed by atoms with van der Waals surface area (Å²) in [5.74, 6) is 0.608. The van der Waals surface area contributed by atoms with E-state index in [1.807, 2.05) is 12.3 Å². The number of nitrogens with zero attached hydrogens (tertiary/aromatic N) is 1. The highest BCUT2D eigenvalue weighted by Crippen LogP contribution is 2.23. The van der Waals surface area contributed by atoms with Gasteiger partial charge in [0.15, 0.2) is 0 Å². The molecule has 0 aliphatic carbocycles. The number of pyridine rings is 1. The minimum absolute atomic E-state index is 0.608. The van der Waals surface area contributed by atoms with E-state index < -0.39 is 0 Å². The summed E-state index contributed by atoms with van der Waals surface area (Å²) < 4.78 is 0. The molecule has 0 amide bonds. The molecule has 1 fully saturated rings. The molecule has 0 bridgehead atoms. The molecule has 2 rings (SSSR count). The van der Waals surface area contributed by atoms with Gasteiger partial charge in [0.25, 0.3) is 0 Å². The van der Waals surface area contributed by atoms with Gasteiger partial charge in [-0.15, -0.1) is 0 Å². The lowest BCUT2D eigenvalue weighted by molar-refractivity contribution is 0.759. The van der Waals surface area contributed by atoms with Gasteiger partial charge < -0.3 is 5.32 Å². The Balaban J connectivity index is 2.21. The zero-order valence-corrected chi connectivity index (χ0v) is 7.51. The molecule has 0 saturated carbocycles. The van der Waals surface area contributed by atoms with Crippen molar-refractivity contribution < 1.29 is 0 Å². The number of hydrogen-bond acceptors (Lipinski definition) is 2. The summed E-state index contributed by atoms with van der Waals surface area (Å²) >= 11 is 5.84. The van der Waals surface area contributed by atoms with Crippen LogP contribution in [0.15, 0.2) is 18.5 Å². The lowest BCUT2D eigenvalue weighted by Crippen LogP contribution is -2.07. The molecule has 1 unspecified atom stereocenters. The number of nitrogens with one attached hydrogen (secondary N) is 1. The molecule has 1 aromatic heterocycles. The first-order valence-corrected chi connectivity index (χ1v) is 4.55. The van der Waals surface area contributed by atoms with Gasteiger partial charge in [-0.2, -0.15) is 0 Å². The van der Waals surface area contributed by atoms with Gasteiger partial charge in [0.05, 0.1) is 5.02 Å². The Kier molecular flexibility index (Phi) is 2.28. The van der Waals surface area contributed by atoms with E-state index in [0.717, 1.165) is 18.1 Å². The first kappa shape index (κ1) is 8.02. The summed E-state index contributed by atoms with van der Waals surface area (Å²) in [6, 6.07) is 2.01. The van der Waals surface area contributed by atoms with Crippen LogP contribution < -0.4 is 5.32 Å². The number of rotatable bonds is 1. The maximum Gasteiger partial charge on any atom is 0.0592 e. The zero-order chi connectivity index (χ0) is 8.39. The van der Waals surface area contributed by atoms with Crippen molar-refractivity contribution in [1.29, 1.82) is 0 Å². The van der Waals surface area contributed by atoms with Crippen LogP contribution in [0.3, 0.4) is 0 Å². The Morgan fingerprint density at radius 1 is 1.50 bits per heavy atom. The largest absolute Gasteiger partial charge is 0.316 e. The van der Waals surface area contributed by atoms with E-state index in [2.05, 4.69) is 10.3 Å². The molecule has 0 radical (unpaired) electrons. The van der Waals surface area contributed by atoms with Gasteiger partial charge in [0.2, 0.25) is 0 Å². The standard InChI is InChI=1S/C9H11ClN2/c10-9-3-8(5-12-6-9)7-1-2-11-4-7/h3,5-7,11H,1-2,4H2. The number of aromatic nitrogens is 1. The third kappa shape index (κ3) is 1.59. The maximum atomic E-state index is 5.84. The fourth-order valence-corrected chi connectivity index (χ4v) is 1.77. The van der Waals surface area contributed by atoms with Crippen LogP contribution in [0, 0.1) is 0 Å². The van der Waals surface area contributed by atoms with Crippen LogP contribution in [0.2, 0.25) is 5.02 Å². The second-order valence-electron chi connectivity index (χ2n) is 3.13. The third-order valence-electron chi connectivity index (χ3n) is 2.26. The van der Waals surface area contributed by atoms with E-state index in [1.54, 1.807) is 6.20 Å². The average Bonchev–Trinajstić information content (AvgIpc) is 2.56. The summed E-state index contributed by atoms with van der Waals surface area (Å²) in [7, 11) is 0. The van der Waals surface area contributed by atoms with E-state index in [9.17, 15) is 0 Å². The normalized spacial score (nSPS) is 22.9. The van der Waals surface area contributed by atoms with Crippen molar-refractivity contribution in [2.75, 3.05) is 13.1 Å². The van der Waals surface area contributed by atoms with E-state index in [-0.39, 0.29) is 0 Å². The molecule has 12 heavy (non-hydrogen) atoms. The predicted molar refractivity (Wildman–Crippen MR) is 49.5 cm³/mol. The molecular weight excluding hydrogens is 172 g/mol. The highest BCUT2D eigenvalue weighted by molar-refractivity contribution is 6.30. The van der Waals surface area contributed by atoms with Gasteiger partial charge in [-0.1, -0.05) is 11.6 Å². The zero-order valence-electron chi connectivity index (χ0n) is 6.76. The Bertz CT molecular complexity index is 269. The van der Waals surface area contributed by atoms with Crippen LogP contribution in [-0.2, 0) is 0 Å². The lowest BCUT2D eigenvalue weighted by atomic mass is 10.0. The van der Waals surface area contributed by atoms with Crippen LogP contribution in [-0.4, -0.2) is 18.1 Å². The second kappa shape index (κ2) is 3.42. The SMILES string of the molecule is Clc1cncc(C2CCNC2)c1. The van der Waals surface area contributed by atoms with Crippen molar-refractivity contribution in [3.63, 3.8) is 0 Å². The number of hydrogen-bond donors (Lipinski definition) is 1. The van der Waals surface area contributed by atoms with Crippen LogP contribution >= 0.6 is 11.6 Å². The molecule has 1 saturated heterocycles. The van der Waals surface area contributed by atoms with Crippen molar-refractivity contribution in [2.24, 2.45) is 0 Å². The molecule has 2 nitrogen and oxygen atoms in total. The van der Waals surface area contributed by atoms with Gasteiger partial charge >= 0.3 is 0 Å². The molecule has 1 atom stereocenters. The summed E-state index contributed by atoms with van der Waals surface area (Å²) in [6.45, 7) is 2.17. The Morgan fingerprint density at radius 3 is 3.08 bits per heavy atom. The van der Waals surface area contributed by atoms with E-state index in [4.69, 9.17) is 11.6 Å². The minimum Gasteiger partial charge on any atom is -0.316 e. The minimum atomic E-state index is 0.608. The monoisotopic (exact) mass is 182 g/mol. The molecule has 0 spiro atoms. The van der Waals surface area contributed by atoms with Gasteiger partial charge in [-0.25, -0.2) is 0 Å². The van der Waals surface area contributed by atoms with Gasteiger partial charge in [-0.3, -0.25) is 4.98 Å². The molecule has 0 aromatic carbocycles. The topological polar surface area (TPSA) is 24.9 Å². The molecule has 1 aliphatic rings. The first-order chi connectivity index (χ1) is 5.86. The van der Waals surface area contributed by atoms with Crippen LogP contribution in [0.1, 0.15) is 17.9 Å². The molecular formula is C9H11ClN2. The van der Waals surface area contributed by atoms with Crippen LogP contribution in [0.4, 0.5) is 0 Å². The van der Waals surface area contributed by atoms with Crippen LogP contribution in [0.25, 0.3) is 0 Å². The quantitative estimate of drug-likeness (QED) is 0.717. The van der Waals surface area contributed by atoms with Crippen molar-refractivity contribution in [3.05, 3.63) is 29.0 Å². The second-order valence-corrected chi connectivity index (χ2v) is 3.56.